The Balaban J connectivity index is 1.45. The van der Waals surface area contributed by atoms with Crippen LogP contribution in [-0.2, 0) is 4.79 Å². The second-order valence-corrected chi connectivity index (χ2v) is 6.32. The zero-order valence-corrected chi connectivity index (χ0v) is 11.9. The molecule has 3 aliphatic rings. The molecule has 0 aromatic carbocycles. The fraction of sp³-hybridized carbons (Fsp3) is 0.933. The molecule has 1 N–H and O–H groups in total. The molecule has 3 rings (SSSR count). The third-order valence-electron chi connectivity index (χ3n) is 5.08. The normalized spacial score (nSPS) is 32.3. The number of hydrogen-bond acceptors (Lipinski definition) is 3. The predicted molar refractivity (Wildman–Crippen MR) is 76.1 cm³/mol. The van der Waals surface area contributed by atoms with Crippen molar-refractivity contribution in [1.29, 1.82) is 0 Å². The molecule has 0 saturated carbocycles. The van der Waals surface area contributed by atoms with Gasteiger partial charge in [0.2, 0.25) is 5.91 Å². The molecule has 3 heterocycles. The van der Waals surface area contributed by atoms with Crippen LogP contribution < -0.4 is 5.32 Å². The summed E-state index contributed by atoms with van der Waals surface area (Å²) in [6.07, 6.45) is 8.82. The maximum atomic E-state index is 12.2. The average Bonchev–Trinajstić information content (AvgIpc) is 2.91. The van der Waals surface area contributed by atoms with Gasteiger partial charge in [-0.15, -0.1) is 0 Å². The van der Waals surface area contributed by atoms with Gasteiger partial charge >= 0.3 is 0 Å². The van der Waals surface area contributed by atoms with Crippen LogP contribution in [0.3, 0.4) is 0 Å². The first-order valence-electron chi connectivity index (χ1n) is 8.10. The summed E-state index contributed by atoms with van der Waals surface area (Å²) in [6, 6.07) is 1.26. The standard InChI is InChI=1S/C15H27N3O/c19-15(18-8-3-1-2-4-9-18)12-16-13-7-11-17-10-5-6-14(13)17/h13-14,16H,1-12H2. The van der Waals surface area contributed by atoms with Crippen LogP contribution in [0.15, 0.2) is 0 Å². The number of fused-ring (bicyclic) bond motifs is 1. The van der Waals surface area contributed by atoms with E-state index < -0.39 is 0 Å². The van der Waals surface area contributed by atoms with Gasteiger partial charge < -0.3 is 10.2 Å². The van der Waals surface area contributed by atoms with Crippen LogP contribution in [-0.4, -0.2) is 60.5 Å². The molecule has 19 heavy (non-hydrogen) atoms. The van der Waals surface area contributed by atoms with E-state index in [2.05, 4.69) is 15.1 Å². The molecule has 0 bridgehead atoms. The minimum Gasteiger partial charge on any atom is -0.342 e. The van der Waals surface area contributed by atoms with Crippen molar-refractivity contribution in [3.05, 3.63) is 0 Å². The number of likely N-dealkylation sites (tertiary alicyclic amines) is 1. The number of nitrogens with zero attached hydrogens (tertiary/aromatic N) is 2. The Hall–Kier alpha value is -0.610. The molecule has 108 valence electrons. The Labute approximate surface area is 116 Å². The molecule has 2 unspecified atom stereocenters. The van der Waals surface area contributed by atoms with E-state index in [1.165, 1.54) is 58.0 Å². The highest BCUT2D eigenvalue weighted by atomic mass is 16.2. The van der Waals surface area contributed by atoms with Crippen LogP contribution >= 0.6 is 0 Å². The first kappa shape index (κ1) is 13.4. The molecule has 3 fully saturated rings. The Morgan fingerprint density at radius 3 is 2.53 bits per heavy atom. The molecule has 1 amide bonds. The van der Waals surface area contributed by atoms with Gasteiger partial charge in [-0.3, -0.25) is 9.69 Å². The van der Waals surface area contributed by atoms with E-state index in [9.17, 15) is 4.79 Å². The number of nitrogens with one attached hydrogen (secondary N) is 1. The first-order valence-corrected chi connectivity index (χ1v) is 8.10. The first-order chi connectivity index (χ1) is 9.34. The van der Waals surface area contributed by atoms with Crippen molar-refractivity contribution in [3.63, 3.8) is 0 Å². The Morgan fingerprint density at radius 2 is 1.74 bits per heavy atom. The summed E-state index contributed by atoms with van der Waals surface area (Å²) in [7, 11) is 0. The lowest BCUT2D eigenvalue weighted by Gasteiger charge is -2.24. The summed E-state index contributed by atoms with van der Waals surface area (Å²) in [4.78, 5) is 16.9. The minimum atomic E-state index is 0.318. The molecule has 4 heteroatoms. The lowest BCUT2D eigenvalue weighted by atomic mass is 10.1. The van der Waals surface area contributed by atoms with Crippen LogP contribution in [0.5, 0.6) is 0 Å². The lowest BCUT2D eigenvalue weighted by molar-refractivity contribution is -0.130. The van der Waals surface area contributed by atoms with Crippen molar-refractivity contribution in [2.45, 2.75) is 57.0 Å². The van der Waals surface area contributed by atoms with Crippen LogP contribution in [0.2, 0.25) is 0 Å². The Kier molecular flexibility index (Phi) is 4.38. The van der Waals surface area contributed by atoms with E-state index in [-0.39, 0.29) is 0 Å². The summed E-state index contributed by atoms with van der Waals surface area (Å²) in [5, 5.41) is 3.54. The van der Waals surface area contributed by atoms with Crippen LogP contribution in [0.1, 0.15) is 44.9 Å². The van der Waals surface area contributed by atoms with Crippen molar-refractivity contribution in [1.82, 2.24) is 15.1 Å². The van der Waals surface area contributed by atoms with E-state index in [4.69, 9.17) is 0 Å². The highest BCUT2D eigenvalue weighted by Crippen LogP contribution is 2.27. The lowest BCUT2D eigenvalue weighted by Crippen LogP contribution is -2.45. The summed E-state index contributed by atoms with van der Waals surface area (Å²) in [6.45, 7) is 4.99. The predicted octanol–water partition coefficient (Wildman–Crippen LogP) is 1.22. The van der Waals surface area contributed by atoms with Gasteiger partial charge in [-0.2, -0.15) is 0 Å². The van der Waals surface area contributed by atoms with Gasteiger partial charge in [0.25, 0.3) is 0 Å². The van der Waals surface area contributed by atoms with Gasteiger partial charge in [0.05, 0.1) is 6.54 Å². The molecule has 0 radical (unpaired) electrons. The number of hydrogen-bond donors (Lipinski definition) is 1. The SMILES string of the molecule is O=C(CNC1CCN2CCCC12)N1CCCCCC1. The molecule has 3 aliphatic heterocycles. The van der Waals surface area contributed by atoms with Gasteiger partial charge in [-0.1, -0.05) is 12.8 Å². The highest BCUT2D eigenvalue weighted by molar-refractivity contribution is 5.78. The summed E-state index contributed by atoms with van der Waals surface area (Å²) in [5.41, 5.74) is 0. The molecule has 0 spiro atoms. The van der Waals surface area contributed by atoms with E-state index in [1.54, 1.807) is 0 Å². The van der Waals surface area contributed by atoms with E-state index in [0.29, 0.717) is 24.5 Å². The topological polar surface area (TPSA) is 35.6 Å². The summed E-state index contributed by atoms with van der Waals surface area (Å²) in [5.74, 6) is 0.318. The van der Waals surface area contributed by atoms with Gasteiger partial charge in [0, 0.05) is 31.7 Å². The third-order valence-corrected chi connectivity index (χ3v) is 5.08. The summed E-state index contributed by atoms with van der Waals surface area (Å²) < 4.78 is 0. The highest BCUT2D eigenvalue weighted by Gasteiger charge is 2.37. The summed E-state index contributed by atoms with van der Waals surface area (Å²) >= 11 is 0. The quantitative estimate of drug-likeness (QED) is 0.833. The van der Waals surface area contributed by atoms with E-state index in [1.807, 2.05) is 0 Å². The molecular formula is C15H27N3O. The zero-order chi connectivity index (χ0) is 13.1. The number of carbonyl (C=O) groups excluding carboxylic acids is 1. The number of carbonyl (C=O) groups is 1. The molecule has 0 aromatic rings. The maximum Gasteiger partial charge on any atom is 0.236 e. The fourth-order valence-corrected chi connectivity index (χ4v) is 3.97. The van der Waals surface area contributed by atoms with Crippen molar-refractivity contribution in [2.24, 2.45) is 0 Å². The average molecular weight is 265 g/mol. The largest absolute Gasteiger partial charge is 0.342 e. The molecule has 4 nitrogen and oxygen atoms in total. The van der Waals surface area contributed by atoms with E-state index >= 15 is 0 Å². The molecular weight excluding hydrogens is 238 g/mol. The molecule has 2 atom stereocenters. The number of rotatable bonds is 3. The monoisotopic (exact) mass is 265 g/mol. The molecule has 3 saturated heterocycles. The molecule has 0 aliphatic carbocycles. The van der Waals surface area contributed by atoms with Crippen molar-refractivity contribution >= 4 is 5.91 Å². The van der Waals surface area contributed by atoms with Crippen molar-refractivity contribution < 1.29 is 4.79 Å². The van der Waals surface area contributed by atoms with Crippen LogP contribution in [0.25, 0.3) is 0 Å². The smallest absolute Gasteiger partial charge is 0.236 e. The van der Waals surface area contributed by atoms with Crippen molar-refractivity contribution in [2.75, 3.05) is 32.7 Å². The van der Waals surface area contributed by atoms with Crippen LogP contribution in [0, 0.1) is 0 Å². The molecule has 0 aromatic heterocycles. The van der Waals surface area contributed by atoms with Gasteiger partial charge in [0.15, 0.2) is 0 Å². The maximum absolute atomic E-state index is 12.2. The number of amides is 1. The third kappa shape index (κ3) is 3.11. The van der Waals surface area contributed by atoms with Gasteiger partial charge in [-0.05, 0) is 38.6 Å². The zero-order valence-electron chi connectivity index (χ0n) is 11.9. The Bertz CT molecular complexity index is 313. The van der Waals surface area contributed by atoms with Crippen molar-refractivity contribution in [3.8, 4) is 0 Å². The van der Waals surface area contributed by atoms with Gasteiger partial charge in [-0.25, -0.2) is 0 Å². The van der Waals surface area contributed by atoms with Crippen LogP contribution in [0.4, 0.5) is 0 Å². The minimum absolute atomic E-state index is 0.318. The Morgan fingerprint density at radius 1 is 0.947 bits per heavy atom. The second-order valence-electron chi connectivity index (χ2n) is 6.32. The fourth-order valence-electron chi connectivity index (χ4n) is 3.97. The van der Waals surface area contributed by atoms with E-state index in [0.717, 1.165) is 13.1 Å². The van der Waals surface area contributed by atoms with Gasteiger partial charge in [0.1, 0.15) is 0 Å². The second kappa shape index (κ2) is 6.23.